The number of ether oxygens (including phenoxy) is 1. The highest BCUT2D eigenvalue weighted by atomic mass is 35.5. The van der Waals surface area contributed by atoms with Crippen LogP contribution in [0.15, 0.2) is 36.4 Å². The van der Waals surface area contributed by atoms with Gasteiger partial charge in [0.15, 0.2) is 23.9 Å². The van der Waals surface area contributed by atoms with Crippen LogP contribution in [-0.2, 0) is 4.74 Å². The molecule has 0 amide bonds. The maximum Gasteiger partial charge on any atom is 0.338 e. The Bertz CT molecular complexity index is 679. The molecule has 2 aromatic rings. The molecule has 0 saturated carbocycles. The van der Waals surface area contributed by atoms with Crippen LogP contribution in [0.5, 0.6) is 11.5 Å². The highest BCUT2D eigenvalue weighted by Gasteiger charge is 2.14. The number of Topliss-reactive ketones (excluding diaryl/α,β-unsaturated/α-hetero) is 1. The molecule has 2 aromatic carbocycles. The summed E-state index contributed by atoms with van der Waals surface area (Å²) in [4.78, 5) is 23.6. The lowest BCUT2D eigenvalue weighted by Crippen LogP contribution is -2.14. The second kappa shape index (κ2) is 6.68. The first-order valence-electron chi connectivity index (χ1n) is 6.06. The number of hydrogen-bond acceptors (Lipinski definition) is 5. The van der Waals surface area contributed by atoms with E-state index in [1.165, 1.54) is 24.3 Å². The second-order valence-corrected chi connectivity index (χ2v) is 5.15. The molecule has 0 aliphatic carbocycles. The molecule has 0 saturated heterocycles. The third kappa shape index (κ3) is 3.69. The fourth-order valence-corrected chi connectivity index (χ4v) is 1.92. The van der Waals surface area contributed by atoms with Crippen LogP contribution < -0.4 is 0 Å². The van der Waals surface area contributed by atoms with E-state index >= 15 is 0 Å². The molecule has 2 N–H and O–H groups in total. The number of halogens is 2. The Morgan fingerprint density at radius 2 is 1.59 bits per heavy atom. The van der Waals surface area contributed by atoms with E-state index in [4.69, 9.17) is 33.0 Å². The highest BCUT2D eigenvalue weighted by Crippen LogP contribution is 2.25. The molecule has 114 valence electrons. The zero-order valence-corrected chi connectivity index (χ0v) is 12.6. The monoisotopic (exact) mass is 340 g/mol. The minimum absolute atomic E-state index is 0.0113. The number of rotatable bonds is 4. The third-order valence-corrected chi connectivity index (χ3v) is 3.53. The number of aromatic hydroxyl groups is 2. The Kier molecular flexibility index (Phi) is 4.90. The Hall–Kier alpha value is -2.24. The summed E-state index contributed by atoms with van der Waals surface area (Å²) >= 11 is 11.6. The zero-order chi connectivity index (χ0) is 16.3. The van der Waals surface area contributed by atoms with Crippen LogP contribution in [0.3, 0.4) is 0 Å². The number of hydrogen-bond donors (Lipinski definition) is 2. The van der Waals surface area contributed by atoms with Crippen LogP contribution in [0, 0.1) is 0 Å². The molecule has 2 rings (SSSR count). The molecule has 0 atom stereocenters. The molecule has 0 unspecified atom stereocenters. The lowest BCUT2D eigenvalue weighted by Gasteiger charge is -2.06. The van der Waals surface area contributed by atoms with Crippen LogP contribution in [0.2, 0.25) is 10.0 Å². The van der Waals surface area contributed by atoms with Crippen LogP contribution in [0.1, 0.15) is 20.7 Å². The minimum atomic E-state index is -0.802. The highest BCUT2D eigenvalue weighted by molar-refractivity contribution is 6.42. The van der Waals surface area contributed by atoms with Gasteiger partial charge in [-0.2, -0.15) is 0 Å². The molecule has 0 heterocycles. The maximum atomic E-state index is 11.9. The SMILES string of the molecule is O=C(COC(=O)c1ccc(O)c(O)c1)c1ccc(Cl)c(Cl)c1. The van der Waals surface area contributed by atoms with Gasteiger partial charge in [0.2, 0.25) is 0 Å². The molecule has 7 heteroatoms. The number of esters is 1. The van der Waals surface area contributed by atoms with Crippen molar-refractivity contribution >= 4 is 35.0 Å². The van der Waals surface area contributed by atoms with Crippen molar-refractivity contribution in [3.63, 3.8) is 0 Å². The third-order valence-electron chi connectivity index (χ3n) is 2.79. The van der Waals surface area contributed by atoms with E-state index in [0.29, 0.717) is 5.02 Å². The molecular formula is C15H10Cl2O5. The Morgan fingerprint density at radius 3 is 2.23 bits per heavy atom. The molecule has 0 aromatic heterocycles. The molecule has 0 bridgehead atoms. The van der Waals surface area contributed by atoms with Gasteiger partial charge in [-0.3, -0.25) is 4.79 Å². The van der Waals surface area contributed by atoms with Crippen molar-refractivity contribution in [1.29, 1.82) is 0 Å². The van der Waals surface area contributed by atoms with Gasteiger partial charge in [0.25, 0.3) is 0 Å². The van der Waals surface area contributed by atoms with Crippen molar-refractivity contribution in [2.45, 2.75) is 0 Å². The second-order valence-electron chi connectivity index (χ2n) is 4.33. The number of carbonyl (C=O) groups excluding carboxylic acids is 2. The first-order chi connectivity index (χ1) is 10.4. The van der Waals surface area contributed by atoms with E-state index in [1.807, 2.05) is 0 Å². The molecule has 0 fully saturated rings. The van der Waals surface area contributed by atoms with Crippen molar-refractivity contribution < 1.29 is 24.5 Å². The van der Waals surface area contributed by atoms with Crippen molar-refractivity contribution in [2.75, 3.05) is 6.61 Å². The largest absolute Gasteiger partial charge is 0.504 e. The minimum Gasteiger partial charge on any atom is -0.504 e. The van der Waals surface area contributed by atoms with E-state index in [9.17, 15) is 14.7 Å². The number of phenolic OH excluding ortho intramolecular Hbond substituents is 2. The molecule has 0 aliphatic rings. The van der Waals surface area contributed by atoms with Crippen molar-refractivity contribution in [2.24, 2.45) is 0 Å². The Labute approximate surface area is 135 Å². The fourth-order valence-electron chi connectivity index (χ4n) is 1.62. The van der Waals surface area contributed by atoms with Crippen molar-refractivity contribution in [3.8, 4) is 11.5 Å². The van der Waals surface area contributed by atoms with E-state index in [2.05, 4.69) is 0 Å². The first-order valence-corrected chi connectivity index (χ1v) is 6.81. The lowest BCUT2D eigenvalue weighted by molar-refractivity contribution is 0.0474. The van der Waals surface area contributed by atoms with Gasteiger partial charge in [-0.1, -0.05) is 23.2 Å². The topological polar surface area (TPSA) is 83.8 Å². The van der Waals surface area contributed by atoms with Crippen LogP contribution in [0.25, 0.3) is 0 Å². The Balaban J connectivity index is 2.02. The quantitative estimate of drug-likeness (QED) is 0.506. The number of benzene rings is 2. The standard InChI is InChI=1S/C15H10Cl2O5/c16-10-3-1-8(5-11(10)17)14(20)7-22-15(21)9-2-4-12(18)13(19)6-9/h1-6,18-19H,7H2. The summed E-state index contributed by atoms with van der Waals surface area (Å²) in [5.41, 5.74) is 0.271. The van der Waals surface area contributed by atoms with E-state index < -0.39 is 24.1 Å². The van der Waals surface area contributed by atoms with Gasteiger partial charge in [0.05, 0.1) is 15.6 Å². The lowest BCUT2D eigenvalue weighted by atomic mass is 10.1. The predicted molar refractivity (Wildman–Crippen MR) is 80.8 cm³/mol. The molecule has 5 nitrogen and oxygen atoms in total. The zero-order valence-electron chi connectivity index (χ0n) is 11.0. The number of carbonyl (C=O) groups is 2. The van der Waals surface area contributed by atoms with E-state index in [0.717, 1.165) is 12.1 Å². The van der Waals surface area contributed by atoms with Gasteiger partial charge >= 0.3 is 5.97 Å². The summed E-state index contributed by atoms with van der Waals surface area (Å²) in [6.07, 6.45) is 0. The van der Waals surface area contributed by atoms with Gasteiger partial charge in [0, 0.05) is 5.56 Å². The fraction of sp³-hybridized carbons (Fsp3) is 0.0667. The van der Waals surface area contributed by atoms with Gasteiger partial charge in [-0.15, -0.1) is 0 Å². The van der Waals surface area contributed by atoms with Crippen LogP contribution in [-0.4, -0.2) is 28.6 Å². The van der Waals surface area contributed by atoms with E-state index in [-0.39, 0.29) is 21.9 Å². The molecule has 22 heavy (non-hydrogen) atoms. The van der Waals surface area contributed by atoms with E-state index in [1.54, 1.807) is 0 Å². The number of phenols is 2. The normalized spacial score (nSPS) is 10.3. The molecule has 0 aliphatic heterocycles. The number of ketones is 1. The van der Waals surface area contributed by atoms with Gasteiger partial charge < -0.3 is 14.9 Å². The average molecular weight is 341 g/mol. The first kappa shape index (κ1) is 16.1. The summed E-state index contributed by atoms with van der Waals surface area (Å²) in [7, 11) is 0. The average Bonchev–Trinajstić information content (AvgIpc) is 2.50. The summed E-state index contributed by atoms with van der Waals surface area (Å²) in [6, 6.07) is 7.77. The summed E-state index contributed by atoms with van der Waals surface area (Å²) in [5.74, 6) is -2.06. The van der Waals surface area contributed by atoms with Crippen LogP contribution >= 0.6 is 23.2 Å². The van der Waals surface area contributed by atoms with Gasteiger partial charge in [0.1, 0.15) is 0 Å². The summed E-state index contributed by atoms with van der Waals surface area (Å²) < 4.78 is 4.85. The van der Waals surface area contributed by atoms with Crippen molar-refractivity contribution in [1.82, 2.24) is 0 Å². The summed E-state index contributed by atoms with van der Waals surface area (Å²) in [6.45, 7) is -0.488. The molecular weight excluding hydrogens is 331 g/mol. The molecule has 0 radical (unpaired) electrons. The van der Waals surface area contributed by atoms with Crippen molar-refractivity contribution in [3.05, 3.63) is 57.6 Å². The molecule has 0 spiro atoms. The Morgan fingerprint density at radius 1 is 0.909 bits per heavy atom. The maximum absolute atomic E-state index is 11.9. The predicted octanol–water partition coefficient (Wildman–Crippen LogP) is 3.44. The van der Waals surface area contributed by atoms with Gasteiger partial charge in [-0.05, 0) is 36.4 Å². The summed E-state index contributed by atoms with van der Waals surface area (Å²) in [5, 5.41) is 19.0. The van der Waals surface area contributed by atoms with Crippen LogP contribution in [0.4, 0.5) is 0 Å². The van der Waals surface area contributed by atoms with Gasteiger partial charge in [-0.25, -0.2) is 4.79 Å². The smallest absolute Gasteiger partial charge is 0.338 e.